The molecule has 0 saturated carbocycles. The van der Waals surface area contributed by atoms with Gasteiger partial charge in [-0.1, -0.05) is 17.7 Å². The molecular weight excluding hydrogens is 286 g/mol. The number of nitrogens with zero attached hydrogens (tertiary/aromatic N) is 3. The molecule has 2 aromatic rings. The number of hydrogen-bond donors (Lipinski definition) is 2. The summed E-state index contributed by atoms with van der Waals surface area (Å²) in [7, 11) is 0. The number of ether oxygens (including phenoxy) is 1. The molecule has 1 aromatic carbocycles. The number of amidine groups is 1. The van der Waals surface area contributed by atoms with E-state index in [1.54, 1.807) is 0 Å². The van der Waals surface area contributed by atoms with E-state index in [4.69, 9.17) is 27.5 Å². The maximum atomic E-state index is 10.9. The van der Waals surface area contributed by atoms with Gasteiger partial charge in [-0.15, -0.1) is 5.10 Å². The average Bonchev–Trinajstić information content (AvgIpc) is 2.41. The summed E-state index contributed by atoms with van der Waals surface area (Å²) in [6.07, 6.45) is 1.32. The molecule has 0 aliphatic rings. The molecule has 0 spiro atoms. The highest BCUT2D eigenvalue weighted by Crippen LogP contribution is 2.37. The molecule has 1 aromatic heterocycles. The smallest absolute Gasteiger partial charge is 0.313 e. The minimum absolute atomic E-state index is 0.0411. The van der Waals surface area contributed by atoms with Gasteiger partial charge in [0, 0.05) is 6.07 Å². The molecule has 0 bridgehead atoms. The SMILES string of the molecule is N=C(N)c1ccnnc1Oc1c(Cl)cccc1[N+](=O)[O-]. The van der Waals surface area contributed by atoms with E-state index in [9.17, 15) is 10.1 Å². The van der Waals surface area contributed by atoms with Crippen LogP contribution in [0.3, 0.4) is 0 Å². The van der Waals surface area contributed by atoms with Gasteiger partial charge >= 0.3 is 5.69 Å². The van der Waals surface area contributed by atoms with Gasteiger partial charge in [-0.05, 0) is 12.1 Å². The van der Waals surface area contributed by atoms with Crippen LogP contribution >= 0.6 is 11.6 Å². The van der Waals surface area contributed by atoms with Crippen molar-refractivity contribution in [2.75, 3.05) is 0 Å². The van der Waals surface area contributed by atoms with E-state index in [1.807, 2.05) is 0 Å². The molecular formula is C11H8ClN5O3. The first-order chi connectivity index (χ1) is 9.50. The lowest BCUT2D eigenvalue weighted by atomic mass is 10.2. The highest BCUT2D eigenvalue weighted by Gasteiger charge is 2.21. The van der Waals surface area contributed by atoms with Crippen LogP contribution in [-0.2, 0) is 0 Å². The van der Waals surface area contributed by atoms with Gasteiger partial charge in [0.1, 0.15) is 5.84 Å². The fourth-order valence-electron chi connectivity index (χ4n) is 1.44. The Labute approximate surface area is 117 Å². The van der Waals surface area contributed by atoms with E-state index in [0.29, 0.717) is 0 Å². The number of nitro groups is 1. The minimum Gasteiger partial charge on any atom is -0.428 e. The number of halogens is 1. The Kier molecular flexibility index (Phi) is 3.76. The number of nitrogens with one attached hydrogen (secondary N) is 1. The lowest BCUT2D eigenvalue weighted by molar-refractivity contribution is -0.385. The normalized spacial score (nSPS) is 10.1. The molecule has 0 saturated heterocycles. The van der Waals surface area contributed by atoms with Crippen molar-refractivity contribution in [1.82, 2.24) is 10.2 Å². The molecule has 9 heteroatoms. The van der Waals surface area contributed by atoms with Gasteiger partial charge < -0.3 is 10.5 Å². The van der Waals surface area contributed by atoms with Crippen molar-refractivity contribution in [3.63, 3.8) is 0 Å². The molecule has 8 nitrogen and oxygen atoms in total. The zero-order chi connectivity index (χ0) is 14.7. The molecule has 2 rings (SSSR count). The predicted octanol–water partition coefficient (Wildman–Crippen LogP) is 2.11. The standard InChI is InChI=1S/C11H8ClN5O3/c12-7-2-1-3-8(17(18)19)9(7)20-11-6(10(13)14)4-5-15-16-11/h1-5H,(H3,13,14). The van der Waals surface area contributed by atoms with Crippen LogP contribution in [0.5, 0.6) is 11.6 Å². The van der Waals surface area contributed by atoms with E-state index < -0.39 is 4.92 Å². The first kappa shape index (κ1) is 13.7. The van der Waals surface area contributed by atoms with Crippen molar-refractivity contribution in [2.24, 2.45) is 5.73 Å². The second kappa shape index (κ2) is 5.49. The van der Waals surface area contributed by atoms with Crippen LogP contribution in [0.2, 0.25) is 5.02 Å². The Hall–Kier alpha value is -2.74. The Morgan fingerprint density at radius 2 is 2.20 bits per heavy atom. The van der Waals surface area contributed by atoms with Gasteiger partial charge in [0.05, 0.1) is 21.7 Å². The number of para-hydroxylation sites is 1. The van der Waals surface area contributed by atoms with Gasteiger partial charge in [0.2, 0.25) is 11.6 Å². The average molecular weight is 294 g/mol. The van der Waals surface area contributed by atoms with Gasteiger partial charge in [0.15, 0.2) is 0 Å². The third kappa shape index (κ3) is 2.64. The summed E-state index contributed by atoms with van der Waals surface area (Å²) in [5.41, 5.74) is 5.21. The quantitative estimate of drug-likeness (QED) is 0.384. The van der Waals surface area contributed by atoms with E-state index >= 15 is 0 Å². The van der Waals surface area contributed by atoms with Crippen LogP contribution < -0.4 is 10.5 Å². The number of nitrogens with two attached hydrogens (primary N) is 1. The van der Waals surface area contributed by atoms with Crippen molar-refractivity contribution >= 4 is 23.1 Å². The van der Waals surface area contributed by atoms with Crippen molar-refractivity contribution in [2.45, 2.75) is 0 Å². The minimum atomic E-state index is -0.634. The fraction of sp³-hybridized carbons (Fsp3) is 0. The second-order valence-corrected chi connectivity index (χ2v) is 4.02. The highest BCUT2D eigenvalue weighted by atomic mass is 35.5. The fourth-order valence-corrected chi connectivity index (χ4v) is 1.65. The number of aromatic nitrogens is 2. The lowest BCUT2D eigenvalue weighted by Crippen LogP contribution is -2.13. The zero-order valence-corrected chi connectivity index (χ0v) is 10.7. The second-order valence-electron chi connectivity index (χ2n) is 3.61. The third-order valence-corrected chi connectivity index (χ3v) is 2.62. The lowest BCUT2D eigenvalue weighted by Gasteiger charge is -2.09. The Morgan fingerprint density at radius 1 is 1.45 bits per heavy atom. The topological polar surface area (TPSA) is 128 Å². The molecule has 20 heavy (non-hydrogen) atoms. The predicted molar refractivity (Wildman–Crippen MR) is 71.2 cm³/mol. The Morgan fingerprint density at radius 3 is 2.85 bits per heavy atom. The molecule has 0 unspecified atom stereocenters. The van der Waals surface area contributed by atoms with Crippen LogP contribution in [0.25, 0.3) is 0 Å². The summed E-state index contributed by atoms with van der Waals surface area (Å²) in [6.45, 7) is 0. The summed E-state index contributed by atoms with van der Waals surface area (Å²) in [6, 6.07) is 5.52. The van der Waals surface area contributed by atoms with Crippen LogP contribution in [0.1, 0.15) is 5.56 Å². The number of hydrogen-bond acceptors (Lipinski definition) is 6. The monoisotopic (exact) mass is 293 g/mol. The molecule has 0 aliphatic carbocycles. The summed E-state index contributed by atoms with van der Waals surface area (Å²) in [5, 5.41) is 25.6. The van der Waals surface area contributed by atoms with Crippen molar-refractivity contribution in [3.8, 4) is 11.6 Å². The van der Waals surface area contributed by atoms with Crippen LogP contribution in [-0.4, -0.2) is 21.0 Å². The van der Waals surface area contributed by atoms with Crippen molar-refractivity contribution < 1.29 is 9.66 Å². The third-order valence-electron chi connectivity index (χ3n) is 2.32. The molecule has 3 N–H and O–H groups in total. The van der Waals surface area contributed by atoms with E-state index in [-0.39, 0.29) is 33.7 Å². The summed E-state index contributed by atoms with van der Waals surface area (Å²) < 4.78 is 5.33. The first-order valence-corrected chi connectivity index (χ1v) is 5.65. The van der Waals surface area contributed by atoms with Crippen molar-refractivity contribution in [1.29, 1.82) is 5.41 Å². The van der Waals surface area contributed by atoms with Gasteiger partial charge in [-0.3, -0.25) is 15.5 Å². The molecule has 0 aliphatic heterocycles. The number of nitro benzene ring substituents is 1. The summed E-state index contributed by atoms with van der Waals surface area (Å²) in [4.78, 5) is 10.3. The summed E-state index contributed by atoms with van der Waals surface area (Å²) >= 11 is 5.89. The van der Waals surface area contributed by atoms with Crippen LogP contribution in [0, 0.1) is 15.5 Å². The maximum absolute atomic E-state index is 10.9. The van der Waals surface area contributed by atoms with Gasteiger partial charge in [0.25, 0.3) is 0 Å². The van der Waals surface area contributed by atoms with Gasteiger partial charge in [-0.25, -0.2) is 0 Å². The molecule has 0 atom stereocenters. The molecule has 0 amide bonds. The molecule has 102 valence electrons. The highest BCUT2D eigenvalue weighted by molar-refractivity contribution is 6.32. The number of nitrogen functional groups attached to an aromatic ring is 1. The van der Waals surface area contributed by atoms with Crippen molar-refractivity contribution in [3.05, 3.63) is 51.2 Å². The van der Waals surface area contributed by atoms with E-state index in [1.165, 1.54) is 30.5 Å². The Balaban J connectivity index is 2.51. The van der Waals surface area contributed by atoms with Gasteiger partial charge in [-0.2, -0.15) is 5.10 Å². The Bertz CT molecular complexity index is 692. The maximum Gasteiger partial charge on any atom is 0.313 e. The van der Waals surface area contributed by atoms with Crippen LogP contribution in [0.15, 0.2) is 30.5 Å². The number of benzene rings is 1. The number of rotatable bonds is 4. The van der Waals surface area contributed by atoms with E-state index in [2.05, 4.69) is 10.2 Å². The van der Waals surface area contributed by atoms with Crippen LogP contribution in [0.4, 0.5) is 5.69 Å². The van der Waals surface area contributed by atoms with E-state index in [0.717, 1.165) is 0 Å². The molecule has 1 heterocycles. The zero-order valence-electron chi connectivity index (χ0n) is 9.91. The molecule has 0 radical (unpaired) electrons. The first-order valence-electron chi connectivity index (χ1n) is 5.27. The largest absolute Gasteiger partial charge is 0.428 e. The summed E-state index contributed by atoms with van der Waals surface area (Å²) in [5.74, 6) is -0.608. The molecule has 0 fully saturated rings.